The molecule has 9 heteroatoms. The molecule has 0 atom stereocenters. The Bertz CT molecular complexity index is 1070. The van der Waals surface area contributed by atoms with Crippen LogP contribution in [0.4, 0.5) is 4.79 Å². The lowest BCUT2D eigenvalue weighted by molar-refractivity contribution is -0.136. The zero-order valence-electron chi connectivity index (χ0n) is 18.9. The molecule has 2 aromatic heterocycles. The molecule has 33 heavy (non-hydrogen) atoms. The predicted octanol–water partition coefficient (Wildman–Crippen LogP) is 4.98. The first kappa shape index (κ1) is 24.3. The third-order valence-electron chi connectivity index (χ3n) is 4.78. The van der Waals surface area contributed by atoms with Crippen molar-refractivity contribution in [3.63, 3.8) is 0 Å². The molecule has 0 saturated heterocycles. The molecule has 3 rings (SSSR count). The summed E-state index contributed by atoms with van der Waals surface area (Å²) in [6.45, 7) is 6.04. The molecule has 0 fully saturated rings. The molecular formula is C24H28N2O6S. The first-order valence-electron chi connectivity index (χ1n) is 10.7. The molecule has 8 nitrogen and oxygen atoms in total. The fourth-order valence-electron chi connectivity index (χ4n) is 3.20. The summed E-state index contributed by atoms with van der Waals surface area (Å²) in [7, 11) is 0. The van der Waals surface area contributed by atoms with Gasteiger partial charge in [0.15, 0.2) is 0 Å². The van der Waals surface area contributed by atoms with Crippen molar-refractivity contribution in [2.75, 3.05) is 6.61 Å². The van der Waals surface area contributed by atoms with Gasteiger partial charge in [-0.3, -0.25) is 4.79 Å². The molecule has 1 aromatic carbocycles. The molecule has 2 heterocycles. The molecule has 0 aliphatic heterocycles. The van der Waals surface area contributed by atoms with Crippen LogP contribution in [0.15, 0.2) is 40.1 Å². The number of amides is 1. The maximum absolute atomic E-state index is 11.9. The molecule has 0 aliphatic rings. The lowest BCUT2D eigenvalue weighted by Gasteiger charge is -2.14. The van der Waals surface area contributed by atoms with Gasteiger partial charge in [-0.25, -0.2) is 9.78 Å². The minimum absolute atomic E-state index is 0.00164. The normalized spacial score (nSPS) is 10.9. The number of benzene rings is 1. The third kappa shape index (κ3) is 7.35. The topological polar surface area (TPSA) is 111 Å². The van der Waals surface area contributed by atoms with Gasteiger partial charge in [0.25, 0.3) is 0 Å². The Labute approximate surface area is 196 Å². The van der Waals surface area contributed by atoms with E-state index in [1.807, 2.05) is 36.6 Å². The van der Waals surface area contributed by atoms with Gasteiger partial charge >= 0.3 is 12.1 Å². The molecule has 0 radical (unpaired) electrons. The molecule has 2 N–H and O–H groups in total. The van der Waals surface area contributed by atoms with E-state index >= 15 is 0 Å². The molecule has 0 unspecified atom stereocenters. The third-order valence-corrected chi connectivity index (χ3v) is 5.64. The average Bonchev–Trinajstić information content (AvgIpc) is 3.41. The van der Waals surface area contributed by atoms with Crippen molar-refractivity contribution < 1.29 is 28.6 Å². The van der Waals surface area contributed by atoms with E-state index in [1.165, 1.54) is 0 Å². The lowest BCUT2D eigenvalue weighted by Crippen LogP contribution is -2.26. The first-order chi connectivity index (χ1) is 15.8. The van der Waals surface area contributed by atoms with Crippen LogP contribution in [0.1, 0.15) is 42.8 Å². The minimum Gasteiger partial charge on any atom is -0.493 e. The maximum Gasteiger partial charge on any atom is 0.407 e. The Morgan fingerprint density at radius 1 is 1.21 bits per heavy atom. The SMILES string of the molecule is Cc1oc(-c2cccs2)nc1CCOc1ccc(CCC(=O)O)c(CNC(=O)OC(C)C)c1. The molecule has 0 aliphatic carbocycles. The van der Waals surface area contributed by atoms with Crippen molar-refractivity contribution in [1.82, 2.24) is 10.3 Å². The Morgan fingerprint density at radius 2 is 2.03 bits per heavy atom. The van der Waals surface area contributed by atoms with Gasteiger partial charge in [-0.05, 0) is 61.9 Å². The number of hydrogen-bond acceptors (Lipinski definition) is 7. The highest BCUT2D eigenvalue weighted by Gasteiger charge is 2.13. The van der Waals surface area contributed by atoms with E-state index in [0.29, 0.717) is 31.1 Å². The Hall–Kier alpha value is -3.33. The fourth-order valence-corrected chi connectivity index (χ4v) is 3.85. The summed E-state index contributed by atoms with van der Waals surface area (Å²) in [6, 6.07) is 9.38. The van der Waals surface area contributed by atoms with Gasteiger partial charge in [-0.15, -0.1) is 11.3 Å². The van der Waals surface area contributed by atoms with Crippen LogP contribution in [-0.4, -0.2) is 34.9 Å². The van der Waals surface area contributed by atoms with Crippen molar-refractivity contribution >= 4 is 23.4 Å². The second kappa shape index (κ2) is 11.5. The lowest BCUT2D eigenvalue weighted by atomic mass is 10.0. The number of hydrogen-bond donors (Lipinski definition) is 2. The second-order valence-electron chi connectivity index (χ2n) is 7.73. The average molecular weight is 473 g/mol. The smallest absolute Gasteiger partial charge is 0.407 e. The summed E-state index contributed by atoms with van der Waals surface area (Å²) in [4.78, 5) is 28.4. The number of aryl methyl sites for hydroxylation is 2. The van der Waals surface area contributed by atoms with Crippen LogP contribution in [-0.2, 0) is 28.9 Å². The number of oxazole rings is 1. The zero-order chi connectivity index (χ0) is 23.8. The largest absolute Gasteiger partial charge is 0.493 e. The number of thiophene rings is 1. The van der Waals surface area contributed by atoms with Gasteiger partial charge in [-0.1, -0.05) is 12.1 Å². The number of ether oxygens (including phenoxy) is 2. The van der Waals surface area contributed by atoms with Crippen LogP contribution in [0.3, 0.4) is 0 Å². The van der Waals surface area contributed by atoms with E-state index in [4.69, 9.17) is 19.0 Å². The van der Waals surface area contributed by atoms with E-state index in [2.05, 4.69) is 10.3 Å². The van der Waals surface area contributed by atoms with Crippen molar-refractivity contribution in [3.05, 3.63) is 58.3 Å². The molecule has 3 aromatic rings. The standard InChI is InChI=1S/C24H28N2O6S/c1-15(2)31-24(29)25-14-18-13-19(8-6-17(18)7-9-22(27)28)30-11-10-20-16(3)32-23(26-20)21-5-4-12-33-21/h4-6,8,12-13,15H,7,9-11,14H2,1-3H3,(H,25,29)(H,27,28). The number of aromatic nitrogens is 1. The number of carboxylic acid groups (broad SMARTS) is 1. The summed E-state index contributed by atoms with van der Waals surface area (Å²) in [5.41, 5.74) is 2.46. The highest BCUT2D eigenvalue weighted by Crippen LogP contribution is 2.26. The summed E-state index contributed by atoms with van der Waals surface area (Å²) < 4.78 is 16.8. The zero-order valence-corrected chi connectivity index (χ0v) is 19.7. The number of carbonyl (C=O) groups is 2. The number of nitrogens with one attached hydrogen (secondary N) is 1. The van der Waals surface area contributed by atoms with E-state index in [0.717, 1.165) is 27.5 Å². The number of aliphatic carboxylic acids is 1. The Morgan fingerprint density at radius 3 is 2.73 bits per heavy atom. The van der Waals surface area contributed by atoms with Crippen LogP contribution in [0.5, 0.6) is 5.75 Å². The predicted molar refractivity (Wildman–Crippen MR) is 125 cm³/mol. The van der Waals surface area contributed by atoms with Crippen molar-refractivity contribution in [1.29, 1.82) is 0 Å². The van der Waals surface area contributed by atoms with Crippen molar-refractivity contribution in [2.45, 2.75) is 52.7 Å². The number of nitrogens with zero attached hydrogens (tertiary/aromatic N) is 1. The molecule has 0 saturated carbocycles. The minimum atomic E-state index is -0.877. The van der Waals surface area contributed by atoms with Crippen LogP contribution >= 0.6 is 11.3 Å². The van der Waals surface area contributed by atoms with Gasteiger partial charge in [0.05, 0.1) is 23.3 Å². The quantitative estimate of drug-likeness (QED) is 0.405. The molecule has 176 valence electrons. The van der Waals surface area contributed by atoms with Crippen LogP contribution in [0.25, 0.3) is 10.8 Å². The van der Waals surface area contributed by atoms with E-state index < -0.39 is 12.1 Å². The van der Waals surface area contributed by atoms with Crippen LogP contribution in [0, 0.1) is 6.92 Å². The van der Waals surface area contributed by atoms with Gasteiger partial charge < -0.3 is 24.3 Å². The molecule has 0 bridgehead atoms. The van der Waals surface area contributed by atoms with E-state index in [-0.39, 0.29) is 19.1 Å². The summed E-state index contributed by atoms with van der Waals surface area (Å²) >= 11 is 1.57. The summed E-state index contributed by atoms with van der Waals surface area (Å²) in [6.07, 6.45) is 0.183. The summed E-state index contributed by atoms with van der Waals surface area (Å²) in [5.74, 6) is 1.13. The Kier molecular flexibility index (Phi) is 8.48. The summed E-state index contributed by atoms with van der Waals surface area (Å²) in [5, 5.41) is 13.7. The molecule has 0 spiro atoms. The second-order valence-corrected chi connectivity index (χ2v) is 8.68. The van der Waals surface area contributed by atoms with Gasteiger partial charge in [0, 0.05) is 19.4 Å². The van der Waals surface area contributed by atoms with Crippen LogP contribution < -0.4 is 10.1 Å². The van der Waals surface area contributed by atoms with Gasteiger partial charge in [0.2, 0.25) is 5.89 Å². The highest BCUT2D eigenvalue weighted by molar-refractivity contribution is 7.13. The first-order valence-corrected chi connectivity index (χ1v) is 11.6. The monoisotopic (exact) mass is 472 g/mol. The maximum atomic E-state index is 11.9. The fraction of sp³-hybridized carbons (Fsp3) is 0.375. The molecule has 1 amide bonds. The number of carboxylic acids is 1. The van der Waals surface area contributed by atoms with Gasteiger partial charge in [-0.2, -0.15) is 0 Å². The Balaban J connectivity index is 1.63. The van der Waals surface area contributed by atoms with E-state index in [1.54, 1.807) is 31.3 Å². The number of rotatable bonds is 11. The highest BCUT2D eigenvalue weighted by atomic mass is 32.1. The molecular weight excluding hydrogens is 444 g/mol. The van der Waals surface area contributed by atoms with Crippen LogP contribution in [0.2, 0.25) is 0 Å². The van der Waals surface area contributed by atoms with Crippen molar-refractivity contribution in [3.8, 4) is 16.5 Å². The van der Waals surface area contributed by atoms with Crippen molar-refractivity contribution in [2.24, 2.45) is 0 Å². The van der Waals surface area contributed by atoms with Gasteiger partial charge in [0.1, 0.15) is 11.5 Å². The van der Waals surface area contributed by atoms with E-state index in [9.17, 15) is 9.59 Å². The number of carbonyl (C=O) groups excluding carboxylic acids is 1. The number of alkyl carbamates (subject to hydrolysis) is 1.